The van der Waals surface area contributed by atoms with Crippen molar-refractivity contribution >= 4 is 5.91 Å². The van der Waals surface area contributed by atoms with Crippen LogP contribution in [0, 0.1) is 0 Å². The van der Waals surface area contributed by atoms with Crippen molar-refractivity contribution in [3.63, 3.8) is 0 Å². The van der Waals surface area contributed by atoms with Crippen molar-refractivity contribution in [2.75, 3.05) is 20.1 Å². The van der Waals surface area contributed by atoms with Gasteiger partial charge in [-0.15, -0.1) is 0 Å². The summed E-state index contributed by atoms with van der Waals surface area (Å²) in [5, 5.41) is 2.98. The summed E-state index contributed by atoms with van der Waals surface area (Å²) < 4.78 is 1.45. The van der Waals surface area contributed by atoms with Gasteiger partial charge < -0.3 is 14.8 Å². The van der Waals surface area contributed by atoms with Crippen LogP contribution in [0.4, 0.5) is 0 Å². The molecule has 18 heavy (non-hydrogen) atoms. The van der Waals surface area contributed by atoms with Gasteiger partial charge >= 0.3 is 0 Å². The number of pyridine rings is 1. The van der Waals surface area contributed by atoms with E-state index >= 15 is 0 Å². The number of aromatic nitrogens is 1. The summed E-state index contributed by atoms with van der Waals surface area (Å²) in [6, 6.07) is 3.23. The third-order valence-corrected chi connectivity index (χ3v) is 3.33. The highest BCUT2D eigenvalue weighted by Crippen LogP contribution is 2.08. The third-order valence-electron chi connectivity index (χ3n) is 3.33. The van der Waals surface area contributed by atoms with E-state index in [9.17, 15) is 9.59 Å². The molecule has 0 aromatic carbocycles. The molecule has 1 aromatic rings. The van der Waals surface area contributed by atoms with Crippen molar-refractivity contribution < 1.29 is 4.79 Å². The standard InChI is InChI=1S/C13H19N3O2/c1-15-6-3-4-11(9-15)14-13(18)10-5-7-16(2)12(17)8-10/h5,7-8,11H,3-4,6,9H2,1-2H3,(H,14,18). The summed E-state index contributed by atoms with van der Waals surface area (Å²) in [4.78, 5) is 25.7. The zero-order valence-corrected chi connectivity index (χ0v) is 10.8. The third kappa shape index (κ3) is 2.98. The summed E-state index contributed by atoms with van der Waals surface area (Å²) in [6.45, 7) is 1.95. The Morgan fingerprint density at radius 2 is 2.22 bits per heavy atom. The Balaban J connectivity index is 2.03. The minimum absolute atomic E-state index is 0.159. The Morgan fingerprint density at radius 3 is 2.89 bits per heavy atom. The van der Waals surface area contributed by atoms with E-state index in [-0.39, 0.29) is 17.5 Å². The minimum Gasteiger partial charge on any atom is -0.348 e. The van der Waals surface area contributed by atoms with Gasteiger partial charge in [-0.25, -0.2) is 0 Å². The Kier molecular flexibility index (Phi) is 3.81. The molecule has 0 saturated carbocycles. The average molecular weight is 249 g/mol. The van der Waals surface area contributed by atoms with Gasteiger partial charge in [0, 0.05) is 37.5 Å². The molecule has 2 rings (SSSR count). The Morgan fingerprint density at radius 1 is 1.44 bits per heavy atom. The molecule has 1 amide bonds. The highest BCUT2D eigenvalue weighted by atomic mass is 16.2. The van der Waals surface area contributed by atoms with Crippen LogP contribution >= 0.6 is 0 Å². The largest absolute Gasteiger partial charge is 0.348 e. The first kappa shape index (κ1) is 12.8. The van der Waals surface area contributed by atoms with E-state index in [0.717, 1.165) is 25.9 Å². The normalized spacial score (nSPS) is 20.7. The first-order valence-corrected chi connectivity index (χ1v) is 6.22. The van der Waals surface area contributed by atoms with Gasteiger partial charge in [-0.1, -0.05) is 0 Å². The molecule has 2 heterocycles. The van der Waals surface area contributed by atoms with Crippen LogP contribution in [0.15, 0.2) is 23.1 Å². The van der Waals surface area contributed by atoms with E-state index in [1.165, 1.54) is 10.6 Å². The van der Waals surface area contributed by atoms with Crippen LogP contribution in [-0.4, -0.2) is 41.6 Å². The second-order valence-corrected chi connectivity index (χ2v) is 4.94. The molecular formula is C13H19N3O2. The fraction of sp³-hybridized carbons (Fsp3) is 0.538. The molecule has 1 atom stereocenters. The van der Waals surface area contributed by atoms with E-state index in [0.29, 0.717) is 5.56 Å². The zero-order chi connectivity index (χ0) is 13.1. The topological polar surface area (TPSA) is 54.3 Å². The number of aryl methyl sites for hydroxylation is 1. The molecule has 1 aromatic heterocycles. The second kappa shape index (κ2) is 5.35. The maximum atomic E-state index is 12.0. The fourth-order valence-electron chi connectivity index (χ4n) is 2.24. The summed E-state index contributed by atoms with van der Waals surface area (Å²) >= 11 is 0. The SMILES string of the molecule is CN1CCCC(NC(=O)c2ccn(C)c(=O)c2)C1. The Hall–Kier alpha value is -1.62. The van der Waals surface area contributed by atoms with Gasteiger partial charge in [0.25, 0.3) is 11.5 Å². The van der Waals surface area contributed by atoms with E-state index in [1.807, 2.05) is 0 Å². The number of likely N-dealkylation sites (tertiary alicyclic amines) is 1. The number of carbonyl (C=O) groups is 1. The maximum absolute atomic E-state index is 12.0. The summed E-state index contributed by atoms with van der Waals surface area (Å²) in [5.41, 5.74) is 0.273. The minimum atomic E-state index is -0.164. The number of piperidine rings is 1. The van der Waals surface area contributed by atoms with E-state index in [4.69, 9.17) is 0 Å². The van der Waals surface area contributed by atoms with Gasteiger partial charge in [-0.2, -0.15) is 0 Å². The van der Waals surface area contributed by atoms with Gasteiger partial charge in [0.1, 0.15) is 0 Å². The van der Waals surface area contributed by atoms with Crippen LogP contribution in [0.1, 0.15) is 23.2 Å². The van der Waals surface area contributed by atoms with Crippen molar-refractivity contribution in [1.29, 1.82) is 0 Å². The van der Waals surface area contributed by atoms with Crippen LogP contribution in [0.25, 0.3) is 0 Å². The fourth-order valence-corrected chi connectivity index (χ4v) is 2.24. The molecule has 1 N–H and O–H groups in total. The highest BCUT2D eigenvalue weighted by molar-refractivity contribution is 5.94. The van der Waals surface area contributed by atoms with Gasteiger partial charge in [-0.3, -0.25) is 9.59 Å². The summed E-state index contributed by atoms with van der Waals surface area (Å²) in [6.07, 6.45) is 3.71. The summed E-state index contributed by atoms with van der Waals surface area (Å²) in [5.74, 6) is -0.159. The molecule has 1 unspecified atom stereocenters. The van der Waals surface area contributed by atoms with Crippen LogP contribution < -0.4 is 10.9 Å². The molecule has 0 radical (unpaired) electrons. The molecule has 5 heteroatoms. The predicted octanol–water partition coefficient (Wildman–Crippen LogP) is 0.209. The monoisotopic (exact) mass is 249 g/mol. The van der Waals surface area contributed by atoms with Crippen molar-refractivity contribution in [3.05, 3.63) is 34.2 Å². The number of nitrogens with zero attached hydrogens (tertiary/aromatic N) is 2. The number of carbonyl (C=O) groups excluding carboxylic acids is 1. The zero-order valence-electron chi connectivity index (χ0n) is 10.8. The van der Waals surface area contributed by atoms with Gasteiger partial charge in [-0.05, 0) is 32.5 Å². The second-order valence-electron chi connectivity index (χ2n) is 4.94. The van der Waals surface area contributed by atoms with Crippen LogP contribution in [-0.2, 0) is 7.05 Å². The van der Waals surface area contributed by atoms with E-state index in [1.54, 1.807) is 19.3 Å². The lowest BCUT2D eigenvalue weighted by molar-refractivity contribution is 0.0912. The van der Waals surface area contributed by atoms with Crippen molar-refractivity contribution in [2.45, 2.75) is 18.9 Å². The molecule has 5 nitrogen and oxygen atoms in total. The molecule has 0 spiro atoms. The first-order chi connectivity index (χ1) is 8.56. The smallest absolute Gasteiger partial charge is 0.251 e. The van der Waals surface area contributed by atoms with E-state index < -0.39 is 0 Å². The van der Waals surface area contributed by atoms with Crippen molar-refractivity contribution in [2.24, 2.45) is 7.05 Å². The number of hydrogen-bond acceptors (Lipinski definition) is 3. The molecule has 0 aliphatic carbocycles. The number of rotatable bonds is 2. The molecular weight excluding hydrogens is 230 g/mol. The van der Waals surface area contributed by atoms with E-state index in [2.05, 4.69) is 17.3 Å². The van der Waals surface area contributed by atoms with Crippen molar-refractivity contribution in [3.8, 4) is 0 Å². The van der Waals surface area contributed by atoms with Crippen LogP contribution in [0.2, 0.25) is 0 Å². The molecule has 1 saturated heterocycles. The van der Waals surface area contributed by atoms with Gasteiger partial charge in [0.15, 0.2) is 0 Å². The predicted molar refractivity (Wildman–Crippen MR) is 69.7 cm³/mol. The average Bonchev–Trinajstić information content (AvgIpc) is 2.32. The molecule has 98 valence electrons. The Bertz CT molecular complexity index is 495. The molecule has 1 aliphatic rings. The number of nitrogens with one attached hydrogen (secondary N) is 1. The lowest BCUT2D eigenvalue weighted by atomic mass is 10.1. The quantitative estimate of drug-likeness (QED) is 0.815. The number of hydrogen-bond donors (Lipinski definition) is 1. The first-order valence-electron chi connectivity index (χ1n) is 6.22. The number of likely N-dealkylation sites (N-methyl/N-ethyl adjacent to an activating group) is 1. The van der Waals surface area contributed by atoms with Crippen LogP contribution in [0.3, 0.4) is 0 Å². The maximum Gasteiger partial charge on any atom is 0.251 e. The van der Waals surface area contributed by atoms with Gasteiger partial charge in [0.2, 0.25) is 0 Å². The number of amides is 1. The van der Waals surface area contributed by atoms with Crippen molar-refractivity contribution in [1.82, 2.24) is 14.8 Å². The Labute approximate surface area is 106 Å². The van der Waals surface area contributed by atoms with Gasteiger partial charge in [0.05, 0.1) is 0 Å². The highest BCUT2D eigenvalue weighted by Gasteiger charge is 2.19. The lowest BCUT2D eigenvalue weighted by Gasteiger charge is -2.30. The molecule has 0 bridgehead atoms. The molecule has 1 fully saturated rings. The summed E-state index contributed by atoms with van der Waals surface area (Å²) in [7, 11) is 3.72. The lowest BCUT2D eigenvalue weighted by Crippen LogP contribution is -2.46. The molecule has 1 aliphatic heterocycles. The van der Waals surface area contributed by atoms with Crippen LogP contribution in [0.5, 0.6) is 0 Å².